The van der Waals surface area contributed by atoms with E-state index in [0.717, 1.165) is 6.07 Å². The largest absolute Gasteiger partial charge is 0.349 e. The lowest BCUT2D eigenvalue weighted by Crippen LogP contribution is -2.02. The van der Waals surface area contributed by atoms with Gasteiger partial charge in [-0.2, -0.15) is 0 Å². The molecule has 7 nitrogen and oxygen atoms in total. The first-order valence-electron chi connectivity index (χ1n) is 4.06. The van der Waals surface area contributed by atoms with Crippen molar-refractivity contribution in [3.63, 3.8) is 0 Å². The molecular formula is C8H7N2O5. The topological polar surface area (TPSA) is 106 Å². The minimum absolute atomic E-state index is 0.0853. The summed E-state index contributed by atoms with van der Waals surface area (Å²) in [6.45, 7) is -0.540. The average molecular weight is 211 g/mol. The fourth-order valence-corrected chi connectivity index (χ4v) is 1.25. The fourth-order valence-electron chi connectivity index (χ4n) is 1.25. The monoisotopic (exact) mass is 211 g/mol. The van der Waals surface area contributed by atoms with Gasteiger partial charge in [-0.05, 0) is 0 Å². The number of nitro benzene ring substituents is 2. The van der Waals surface area contributed by atoms with Gasteiger partial charge in [-0.25, -0.2) is 5.11 Å². The number of rotatable bonds is 4. The molecule has 1 rings (SSSR count). The van der Waals surface area contributed by atoms with E-state index >= 15 is 0 Å². The Morgan fingerprint density at radius 2 is 1.80 bits per heavy atom. The molecule has 0 heterocycles. The molecule has 0 unspecified atom stereocenters. The summed E-state index contributed by atoms with van der Waals surface area (Å²) in [4.78, 5) is 19.5. The average Bonchev–Trinajstić information content (AvgIpc) is 2.17. The Morgan fingerprint density at radius 1 is 1.13 bits per heavy atom. The summed E-state index contributed by atoms with van der Waals surface area (Å²) in [6.07, 6.45) is -0.0853. The molecule has 1 aromatic carbocycles. The van der Waals surface area contributed by atoms with Crippen LogP contribution in [0.15, 0.2) is 18.2 Å². The second kappa shape index (κ2) is 4.47. The predicted octanol–water partition coefficient (Wildman–Crippen LogP) is 1.48. The van der Waals surface area contributed by atoms with Crippen LogP contribution in [0.3, 0.4) is 0 Å². The minimum atomic E-state index is -0.830. The molecule has 15 heavy (non-hydrogen) atoms. The van der Waals surface area contributed by atoms with Crippen LogP contribution < -0.4 is 0 Å². The second-order valence-corrected chi connectivity index (χ2v) is 2.75. The Kier molecular flexibility index (Phi) is 3.29. The van der Waals surface area contributed by atoms with Crippen molar-refractivity contribution in [3.8, 4) is 0 Å². The summed E-state index contributed by atoms with van der Waals surface area (Å²) in [5, 5.41) is 31.5. The van der Waals surface area contributed by atoms with Gasteiger partial charge in [-0.3, -0.25) is 20.2 Å². The fraction of sp³-hybridized carbons (Fsp3) is 0.250. The zero-order valence-electron chi connectivity index (χ0n) is 7.58. The smallest absolute Gasteiger partial charge is 0.258 e. The van der Waals surface area contributed by atoms with Crippen LogP contribution in [0.25, 0.3) is 0 Å². The van der Waals surface area contributed by atoms with E-state index in [0.29, 0.717) is 0 Å². The number of hydrogen-bond acceptors (Lipinski definition) is 4. The van der Waals surface area contributed by atoms with Crippen molar-refractivity contribution < 1.29 is 15.0 Å². The zero-order valence-corrected chi connectivity index (χ0v) is 7.58. The van der Waals surface area contributed by atoms with E-state index < -0.39 is 27.8 Å². The first-order chi connectivity index (χ1) is 7.07. The Morgan fingerprint density at radius 3 is 2.27 bits per heavy atom. The maximum atomic E-state index is 10.6. The third-order valence-electron chi connectivity index (χ3n) is 1.85. The molecule has 1 aromatic rings. The van der Waals surface area contributed by atoms with Crippen LogP contribution in [0.1, 0.15) is 5.56 Å². The first kappa shape index (κ1) is 11.1. The molecule has 0 bridgehead atoms. The van der Waals surface area contributed by atoms with Crippen molar-refractivity contribution in [2.24, 2.45) is 0 Å². The van der Waals surface area contributed by atoms with Gasteiger partial charge in [0.1, 0.15) is 0 Å². The van der Waals surface area contributed by atoms with E-state index in [2.05, 4.69) is 0 Å². The summed E-state index contributed by atoms with van der Waals surface area (Å²) < 4.78 is 0. The van der Waals surface area contributed by atoms with Crippen molar-refractivity contribution in [1.29, 1.82) is 0 Å². The summed E-state index contributed by atoms with van der Waals surface area (Å²) in [5.74, 6) is 0. The third-order valence-corrected chi connectivity index (χ3v) is 1.85. The molecule has 0 fully saturated rings. The van der Waals surface area contributed by atoms with Gasteiger partial charge in [0.05, 0.1) is 16.5 Å². The van der Waals surface area contributed by atoms with Crippen LogP contribution in [-0.2, 0) is 11.5 Å². The van der Waals surface area contributed by atoms with Crippen molar-refractivity contribution >= 4 is 11.4 Å². The number of nitrogens with zero attached hydrogens (tertiary/aromatic N) is 2. The van der Waals surface area contributed by atoms with Gasteiger partial charge in [0.2, 0.25) is 0 Å². The SMILES string of the molecule is [O]CCc1cccc([N+](=O)[O-])c1[N+](=O)[O-]. The Balaban J connectivity index is 3.34. The quantitative estimate of drug-likeness (QED) is 0.555. The van der Waals surface area contributed by atoms with Gasteiger partial charge in [0.25, 0.3) is 0 Å². The lowest BCUT2D eigenvalue weighted by atomic mass is 10.1. The summed E-state index contributed by atoms with van der Waals surface area (Å²) in [7, 11) is 0. The lowest BCUT2D eigenvalue weighted by Gasteiger charge is -2.00. The molecule has 0 aliphatic rings. The summed E-state index contributed by atoms with van der Waals surface area (Å²) in [5.41, 5.74) is -1.06. The predicted molar refractivity (Wildman–Crippen MR) is 49.0 cm³/mol. The van der Waals surface area contributed by atoms with Gasteiger partial charge >= 0.3 is 11.4 Å². The number of nitro groups is 2. The highest BCUT2D eigenvalue weighted by molar-refractivity contribution is 5.57. The molecule has 79 valence electrons. The summed E-state index contributed by atoms with van der Waals surface area (Å²) in [6, 6.07) is 3.73. The minimum Gasteiger partial charge on any atom is -0.258 e. The lowest BCUT2D eigenvalue weighted by molar-refractivity contribution is -0.423. The van der Waals surface area contributed by atoms with Crippen LogP contribution in [0.5, 0.6) is 0 Å². The molecule has 7 heteroatoms. The number of hydrogen-bond donors (Lipinski definition) is 0. The standard InChI is InChI=1S/C8H7N2O5/c11-5-4-6-2-1-3-7(9(12)13)8(6)10(14)15/h1-3H,4-5H2. The van der Waals surface area contributed by atoms with Gasteiger partial charge < -0.3 is 0 Å². The maximum absolute atomic E-state index is 10.6. The zero-order chi connectivity index (χ0) is 11.4. The van der Waals surface area contributed by atoms with E-state index in [-0.39, 0.29) is 12.0 Å². The van der Waals surface area contributed by atoms with E-state index in [9.17, 15) is 25.3 Å². The van der Waals surface area contributed by atoms with Crippen LogP contribution >= 0.6 is 0 Å². The summed E-state index contributed by atoms with van der Waals surface area (Å²) >= 11 is 0. The maximum Gasteiger partial charge on any atom is 0.349 e. The van der Waals surface area contributed by atoms with Gasteiger partial charge in [0.15, 0.2) is 0 Å². The van der Waals surface area contributed by atoms with Crippen molar-refractivity contribution in [3.05, 3.63) is 44.0 Å². The molecule has 0 saturated heterocycles. The van der Waals surface area contributed by atoms with Crippen LogP contribution in [0.4, 0.5) is 11.4 Å². The molecular weight excluding hydrogens is 204 g/mol. The molecule has 0 spiro atoms. The van der Waals surface area contributed by atoms with Crippen molar-refractivity contribution in [2.75, 3.05) is 6.61 Å². The number of benzene rings is 1. The Hall–Kier alpha value is -2.02. The van der Waals surface area contributed by atoms with E-state index in [1.807, 2.05) is 0 Å². The van der Waals surface area contributed by atoms with E-state index in [1.165, 1.54) is 12.1 Å². The molecule has 0 saturated carbocycles. The van der Waals surface area contributed by atoms with Crippen molar-refractivity contribution in [1.82, 2.24) is 0 Å². The van der Waals surface area contributed by atoms with Crippen LogP contribution in [0, 0.1) is 20.2 Å². The van der Waals surface area contributed by atoms with E-state index in [1.54, 1.807) is 0 Å². The molecule has 0 atom stereocenters. The first-order valence-corrected chi connectivity index (χ1v) is 4.06. The molecule has 0 N–H and O–H groups in total. The van der Waals surface area contributed by atoms with Crippen LogP contribution in [-0.4, -0.2) is 16.5 Å². The Labute approximate surface area is 84.3 Å². The van der Waals surface area contributed by atoms with Crippen molar-refractivity contribution in [2.45, 2.75) is 6.42 Å². The highest BCUT2D eigenvalue weighted by Crippen LogP contribution is 2.30. The molecule has 0 aliphatic carbocycles. The molecule has 0 amide bonds. The van der Waals surface area contributed by atoms with Gasteiger partial charge in [0, 0.05) is 18.1 Å². The highest BCUT2D eigenvalue weighted by Gasteiger charge is 2.27. The second-order valence-electron chi connectivity index (χ2n) is 2.75. The van der Waals surface area contributed by atoms with Gasteiger partial charge in [-0.1, -0.05) is 12.1 Å². The number of para-hydroxylation sites is 1. The van der Waals surface area contributed by atoms with E-state index in [4.69, 9.17) is 0 Å². The third kappa shape index (κ3) is 2.26. The Bertz CT molecular complexity index is 404. The molecule has 0 aromatic heterocycles. The normalized spacial score (nSPS) is 9.93. The van der Waals surface area contributed by atoms with Crippen LogP contribution in [0.2, 0.25) is 0 Å². The van der Waals surface area contributed by atoms with Gasteiger partial charge in [-0.15, -0.1) is 0 Å². The highest BCUT2D eigenvalue weighted by atomic mass is 16.6. The molecule has 1 radical (unpaired) electrons. The molecule has 0 aliphatic heterocycles.